The summed E-state index contributed by atoms with van der Waals surface area (Å²) in [6.07, 6.45) is 0. The normalized spacial score (nSPS) is 14.5. The number of hydrogen-bond acceptors (Lipinski definition) is 3. The molecule has 0 aliphatic heterocycles. The van der Waals surface area contributed by atoms with E-state index in [2.05, 4.69) is 6.58 Å². The van der Waals surface area contributed by atoms with E-state index in [1.54, 1.807) is 25.7 Å². The molecule has 0 fully saturated rings. The Hall–Kier alpha value is -1.36. The van der Waals surface area contributed by atoms with Crippen molar-refractivity contribution in [1.82, 2.24) is 4.90 Å². The molecule has 0 saturated heterocycles. The Morgan fingerprint density at radius 1 is 1.25 bits per heavy atom. The van der Waals surface area contributed by atoms with Gasteiger partial charge in [-0.2, -0.15) is 0 Å². The summed E-state index contributed by atoms with van der Waals surface area (Å²) in [4.78, 5) is 23.2. The van der Waals surface area contributed by atoms with Crippen LogP contribution >= 0.6 is 0 Å². The van der Waals surface area contributed by atoms with Gasteiger partial charge in [0.25, 0.3) is 0 Å². The van der Waals surface area contributed by atoms with Crippen LogP contribution in [0.15, 0.2) is 12.2 Å². The standard InChI is InChI=1S/C11H19NO4/c1-7(2)5-12(9(4)11(15)16)6-8(3)10(13)14/h8-9H,1,5-6H2,2-4H3,(H,13,14)(H,15,16). The minimum Gasteiger partial charge on any atom is -0.481 e. The SMILES string of the molecule is C=C(C)CN(CC(C)C(=O)O)C(C)C(=O)O. The minimum absolute atomic E-state index is 0.204. The first-order valence-electron chi connectivity index (χ1n) is 5.09. The van der Waals surface area contributed by atoms with Gasteiger partial charge in [0, 0.05) is 13.1 Å². The number of hydrogen-bond donors (Lipinski definition) is 2. The second-order valence-corrected chi connectivity index (χ2v) is 4.14. The van der Waals surface area contributed by atoms with Crippen molar-refractivity contribution in [1.29, 1.82) is 0 Å². The molecule has 0 radical (unpaired) electrons. The lowest BCUT2D eigenvalue weighted by Crippen LogP contribution is -2.43. The molecule has 0 aromatic carbocycles. The maximum absolute atomic E-state index is 10.9. The fraction of sp³-hybridized carbons (Fsp3) is 0.636. The molecule has 2 atom stereocenters. The van der Waals surface area contributed by atoms with E-state index >= 15 is 0 Å². The van der Waals surface area contributed by atoms with E-state index in [1.807, 2.05) is 0 Å². The van der Waals surface area contributed by atoms with E-state index in [9.17, 15) is 9.59 Å². The Kier molecular flexibility index (Phi) is 5.74. The van der Waals surface area contributed by atoms with Gasteiger partial charge in [0.1, 0.15) is 6.04 Å². The van der Waals surface area contributed by atoms with Crippen LogP contribution in [0.2, 0.25) is 0 Å². The number of aliphatic carboxylic acids is 2. The maximum atomic E-state index is 10.9. The van der Waals surface area contributed by atoms with Crippen LogP contribution in [0.5, 0.6) is 0 Å². The molecule has 0 heterocycles. The predicted octanol–water partition coefficient (Wildman–Crippen LogP) is 1.06. The van der Waals surface area contributed by atoms with Crippen molar-refractivity contribution in [2.24, 2.45) is 5.92 Å². The minimum atomic E-state index is -0.959. The topological polar surface area (TPSA) is 77.8 Å². The Morgan fingerprint density at radius 3 is 2.06 bits per heavy atom. The van der Waals surface area contributed by atoms with Gasteiger partial charge in [-0.1, -0.05) is 19.1 Å². The van der Waals surface area contributed by atoms with E-state index < -0.39 is 23.9 Å². The molecular formula is C11H19NO4. The van der Waals surface area contributed by atoms with Gasteiger partial charge < -0.3 is 10.2 Å². The highest BCUT2D eigenvalue weighted by Crippen LogP contribution is 2.08. The van der Waals surface area contributed by atoms with E-state index in [-0.39, 0.29) is 6.54 Å². The zero-order valence-corrected chi connectivity index (χ0v) is 9.93. The Morgan fingerprint density at radius 2 is 1.75 bits per heavy atom. The van der Waals surface area contributed by atoms with E-state index in [4.69, 9.17) is 10.2 Å². The molecule has 0 aromatic heterocycles. The second kappa shape index (κ2) is 6.27. The van der Waals surface area contributed by atoms with Crippen LogP contribution < -0.4 is 0 Å². The lowest BCUT2D eigenvalue weighted by molar-refractivity contribution is -0.146. The Labute approximate surface area is 95.4 Å². The highest BCUT2D eigenvalue weighted by atomic mass is 16.4. The molecule has 5 heteroatoms. The average molecular weight is 229 g/mol. The van der Waals surface area contributed by atoms with Crippen LogP contribution in [-0.4, -0.2) is 46.2 Å². The molecular weight excluding hydrogens is 210 g/mol. The van der Waals surface area contributed by atoms with Crippen molar-refractivity contribution >= 4 is 11.9 Å². The summed E-state index contributed by atoms with van der Waals surface area (Å²) in [5.41, 5.74) is 0.811. The summed E-state index contributed by atoms with van der Waals surface area (Å²) in [7, 11) is 0. The number of carboxylic acids is 2. The first-order chi connectivity index (χ1) is 7.25. The van der Waals surface area contributed by atoms with Gasteiger partial charge in [-0.05, 0) is 13.8 Å². The molecule has 2 unspecified atom stereocenters. The number of carboxylic acid groups (broad SMARTS) is 2. The van der Waals surface area contributed by atoms with Gasteiger partial charge in [-0.3, -0.25) is 14.5 Å². The molecule has 0 aliphatic rings. The van der Waals surface area contributed by atoms with Crippen LogP contribution in [-0.2, 0) is 9.59 Å². The molecule has 0 saturated carbocycles. The van der Waals surface area contributed by atoms with Crippen LogP contribution in [0.1, 0.15) is 20.8 Å². The number of nitrogens with zero attached hydrogens (tertiary/aromatic N) is 1. The molecule has 0 amide bonds. The fourth-order valence-corrected chi connectivity index (χ4v) is 1.29. The molecule has 0 aliphatic carbocycles. The van der Waals surface area contributed by atoms with Gasteiger partial charge in [0.2, 0.25) is 0 Å². The smallest absolute Gasteiger partial charge is 0.320 e. The van der Waals surface area contributed by atoms with Gasteiger partial charge in [-0.25, -0.2) is 0 Å². The monoisotopic (exact) mass is 229 g/mol. The first-order valence-corrected chi connectivity index (χ1v) is 5.09. The lowest BCUT2D eigenvalue weighted by atomic mass is 10.1. The van der Waals surface area contributed by atoms with Crippen molar-refractivity contribution in [2.75, 3.05) is 13.1 Å². The summed E-state index contributed by atoms with van der Waals surface area (Å²) in [6, 6.07) is -0.710. The lowest BCUT2D eigenvalue weighted by Gasteiger charge is -2.27. The molecule has 0 rings (SSSR count). The highest BCUT2D eigenvalue weighted by molar-refractivity contribution is 5.73. The van der Waals surface area contributed by atoms with E-state index in [0.717, 1.165) is 5.57 Å². The predicted molar refractivity (Wildman–Crippen MR) is 60.3 cm³/mol. The van der Waals surface area contributed by atoms with Gasteiger partial charge >= 0.3 is 11.9 Å². The third-order valence-corrected chi connectivity index (χ3v) is 2.31. The molecule has 2 N–H and O–H groups in total. The second-order valence-electron chi connectivity index (χ2n) is 4.14. The average Bonchev–Trinajstić information content (AvgIpc) is 2.14. The quantitative estimate of drug-likeness (QED) is 0.638. The molecule has 0 aromatic rings. The van der Waals surface area contributed by atoms with Crippen LogP contribution in [0.3, 0.4) is 0 Å². The Balaban J connectivity index is 4.60. The first kappa shape index (κ1) is 14.6. The molecule has 0 bridgehead atoms. The van der Waals surface area contributed by atoms with E-state index in [0.29, 0.717) is 6.54 Å². The summed E-state index contributed by atoms with van der Waals surface area (Å²) < 4.78 is 0. The number of carbonyl (C=O) groups is 2. The van der Waals surface area contributed by atoms with Gasteiger partial charge in [0.05, 0.1) is 5.92 Å². The summed E-state index contributed by atoms with van der Waals surface area (Å²) in [6.45, 7) is 9.19. The zero-order valence-electron chi connectivity index (χ0n) is 9.93. The summed E-state index contributed by atoms with van der Waals surface area (Å²) >= 11 is 0. The third-order valence-electron chi connectivity index (χ3n) is 2.31. The van der Waals surface area contributed by atoms with Gasteiger partial charge in [0.15, 0.2) is 0 Å². The molecule has 16 heavy (non-hydrogen) atoms. The maximum Gasteiger partial charge on any atom is 0.320 e. The largest absolute Gasteiger partial charge is 0.481 e. The third kappa shape index (κ3) is 4.93. The molecule has 92 valence electrons. The van der Waals surface area contributed by atoms with Crippen LogP contribution in [0.25, 0.3) is 0 Å². The van der Waals surface area contributed by atoms with E-state index in [1.165, 1.54) is 0 Å². The van der Waals surface area contributed by atoms with Crippen molar-refractivity contribution in [3.05, 3.63) is 12.2 Å². The Bertz CT molecular complexity index is 288. The molecule has 5 nitrogen and oxygen atoms in total. The van der Waals surface area contributed by atoms with Crippen molar-refractivity contribution in [2.45, 2.75) is 26.8 Å². The number of rotatable bonds is 7. The van der Waals surface area contributed by atoms with Crippen molar-refractivity contribution in [3.8, 4) is 0 Å². The van der Waals surface area contributed by atoms with Crippen LogP contribution in [0.4, 0.5) is 0 Å². The van der Waals surface area contributed by atoms with Gasteiger partial charge in [-0.15, -0.1) is 0 Å². The molecule has 0 spiro atoms. The highest BCUT2D eigenvalue weighted by Gasteiger charge is 2.24. The summed E-state index contributed by atoms with van der Waals surface area (Å²) in [5.74, 6) is -2.48. The van der Waals surface area contributed by atoms with Crippen molar-refractivity contribution < 1.29 is 19.8 Å². The fourth-order valence-electron chi connectivity index (χ4n) is 1.29. The summed E-state index contributed by atoms with van der Waals surface area (Å²) in [5, 5.41) is 17.7. The van der Waals surface area contributed by atoms with Crippen LogP contribution in [0, 0.1) is 5.92 Å². The van der Waals surface area contributed by atoms with Crippen molar-refractivity contribution in [3.63, 3.8) is 0 Å². The zero-order chi connectivity index (χ0) is 12.9.